The lowest BCUT2D eigenvalue weighted by Gasteiger charge is -2.18. The summed E-state index contributed by atoms with van der Waals surface area (Å²) in [6, 6.07) is 10.0. The van der Waals surface area contributed by atoms with Crippen LogP contribution in [-0.4, -0.2) is 19.1 Å². The molecule has 0 radical (unpaired) electrons. The fourth-order valence-corrected chi connectivity index (χ4v) is 2.81. The van der Waals surface area contributed by atoms with Crippen LogP contribution in [0.25, 0.3) is 0 Å². The summed E-state index contributed by atoms with van der Waals surface area (Å²) in [6.07, 6.45) is -3.96. The van der Waals surface area contributed by atoms with Crippen molar-refractivity contribution < 1.29 is 22.4 Å². The second-order valence-electron chi connectivity index (χ2n) is 6.02. The van der Waals surface area contributed by atoms with Gasteiger partial charge >= 0.3 is 12.2 Å². The van der Waals surface area contributed by atoms with Gasteiger partial charge in [-0.1, -0.05) is 18.2 Å². The third kappa shape index (κ3) is 3.75. The molecule has 2 aromatic rings. The number of alkyl halides is 3. The van der Waals surface area contributed by atoms with E-state index in [1.54, 1.807) is 6.07 Å². The van der Waals surface area contributed by atoms with Gasteiger partial charge in [0.15, 0.2) is 0 Å². The van der Waals surface area contributed by atoms with Crippen molar-refractivity contribution in [3.8, 4) is 0 Å². The van der Waals surface area contributed by atoms with Crippen LogP contribution in [-0.2, 0) is 6.18 Å². The number of nitrogens with zero attached hydrogens (tertiary/aromatic N) is 1. The largest absolute Gasteiger partial charge is 0.416 e. The summed E-state index contributed by atoms with van der Waals surface area (Å²) in [5.74, 6) is -0.771. The molecule has 7 heteroatoms. The van der Waals surface area contributed by atoms with Crippen LogP contribution in [0, 0.1) is 5.82 Å². The summed E-state index contributed by atoms with van der Waals surface area (Å²) in [6.45, 7) is 0. The summed E-state index contributed by atoms with van der Waals surface area (Å²) < 4.78 is 52.2. The molecule has 3 nitrogen and oxygen atoms in total. The molecule has 0 aromatic heterocycles. The lowest BCUT2D eigenvalue weighted by molar-refractivity contribution is -0.138. The van der Waals surface area contributed by atoms with Crippen LogP contribution in [0.1, 0.15) is 23.5 Å². The van der Waals surface area contributed by atoms with Gasteiger partial charge in [-0.3, -0.25) is 4.90 Å². The first-order valence-electron chi connectivity index (χ1n) is 7.73. The number of hydrogen-bond acceptors (Lipinski definition) is 1. The van der Waals surface area contributed by atoms with Gasteiger partial charge in [-0.25, -0.2) is 9.18 Å². The number of halogens is 4. The highest BCUT2D eigenvalue weighted by Gasteiger charge is 2.45. The van der Waals surface area contributed by atoms with Crippen molar-refractivity contribution in [1.29, 1.82) is 0 Å². The van der Waals surface area contributed by atoms with Crippen molar-refractivity contribution in [3.05, 3.63) is 65.5 Å². The van der Waals surface area contributed by atoms with Crippen LogP contribution < -0.4 is 10.2 Å². The second kappa shape index (κ2) is 6.38. The number of anilines is 1. The average molecular weight is 352 g/mol. The number of hydrogen-bond donors (Lipinski definition) is 1. The summed E-state index contributed by atoms with van der Waals surface area (Å²) in [4.78, 5) is 13.5. The van der Waals surface area contributed by atoms with Crippen molar-refractivity contribution >= 4 is 11.7 Å². The molecule has 1 fully saturated rings. The van der Waals surface area contributed by atoms with Gasteiger partial charge in [0.1, 0.15) is 5.82 Å². The van der Waals surface area contributed by atoms with Gasteiger partial charge in [0.05, 0.1) is 5.56 Å². The molecule has 2 atom stereocenters. The number of amides is 2. The Hall–Kier alpha value is -2.57. The summed E-state index contributed by atoms with van der Waals surface area (Å²) in [5.41, 5.74) is 0.0279. The Bertz CT molecular complexity index is 773. The molecule has 0 spiro atoms. The maximum Gasteiger partial charge on any atom is 0.416 e. The van der Waals surface area contributed by atoms with E-state index in [0.29, 0.717) is 12.1 Å². The third-order valence-electron chi connectivity index (χ3n) is 4.28. The topological polar surface area (TPSA) is 32.3 Å². The molecule has 0 aliphatic heterocycles. The van der Waals surface area contributed by atoms with E-state index in [1.165, 1.54) is 48.3 Å². The normalized spacial score (nSPS) is 19.4. The van der Waals surface area contributed by atoms with Crippen LogP contribution in [0.2, 0.25) is 0 Å². The number of rotatable bonds is 3. The molecule has 25 heavy (non-hydrogen) atoms. The molecule has 1 aliphatic rings. The highest BCUT2D eigenvalue weighted by Crippen LogP contribution is 2.46. The zero-order chi connectivity index (χ0) is 18.2. The predicted molar refractivity (Wildman–Crippen MR) is 85.9 cm³/mol. The Labute approximate surface area is 142 Å². The van der Waals surface area contributed by atoms with E-state index in [1.807, 2.05) is 0 Å². The van der Waals surface area contributed by atoms with Gasteiger partial charge in [0.25, 0.3) is 0 Å². The maximum atomic E-state index is 13.1. The first-order valence-corrected chi connectivity index (χ1v) is 7.73. The van der Waals surface area contributed by atoms with Crippen LogP contribution in [0.5, 0.6) is 0 Å². The molecule has 1 N–H and O–H groups in total. The van der Waals surface area contributed by atoms with Crippen molar-refractivity contribution in [3.63, 3.8) is 0 Å². The fraction of sp³-hybridized carbons (Fsp3) is 0.278. The molecule has 3 rings (SSSR count). The van der Waals surface area contributed by atoms with Gasteiger partial charge in [-0.2, -0.15) is 13.2 Å². The zero-order valence-electron chi connectivity index (χ0n) is 13.3. The minimum absolute atomic E-state index is 0.199. The Morgan fingerprint density at radius 2 is 1.76 bits per heavy atom. The van der Waals surface area contributed by atoms with E-state index in [9.17, 15) is 22.4 Å². The first kappa shape index (κ1) is 17.3. The molecule has 0 unspecified atom stereocenters. The van der Waals surface area contributed by atoms with Crippen LogP contribution in [0.3, 0.4) is 0 Å². The minimum atomic E-state index is -4.42. The molecule has 0 heterocycles. The lowest BCUT2D eigenvalue weighted by Crippen LogP contribution is -2.39. The second-order valence-corrected chi connectivity index (χ2v) is 6.02. The minimum Gasteiger partial charge on any atom is -0.334 e. The fourth-order valence-electron chi connectivity index (χ4n) is 2.81. The van der Waals surface area contributed by atoms with Gasteiger partial charge in [0, 0.05) is 24.7 Å². The van der Waals surface area contributed by atoms with E-state index in [2.05, 4.69) is 5.32 Å². The number of urea groups is 1. The Morgan fingerprint density at radius 3 is 2.40 bits per heavy atom. The number of carbonyl (C=O) groups excluding carboxylic acids is 1. The highest BCUT2D eigenvalue weighted by atomic mass is 19.4. The zero-order valence-corrected chi connectivity index (χ0v) is 13.3. The number of benzene rings is 2. The van der Waals surface area contributed by atoms with Gasteiger partial charge in [0.2, 0.25) is 0 Å². The number of nitrogens with one attached hydrogen (secondary N) is 1. The molecular weight excluding hydrogens is 336 g/mol. The van der Waals surface area contributed by atoms with E-state index < -0.39 is 23.6 Å². The monoisotopic (exact) mass is 352 g/mol. The Kier molecular flexibility index (Phi) is 4.41. The summed E-state index contributed by atoms with van der Waals surface area (Å²) in [7, 11) is 1.52. The third-order valence-corrected chi connectivity index (χ3v) is 4.28. The average Bonchev–Trinajstić information content (AvgIpc) is 3.33. The van der Waals surface area contributed by atoms with E-state index in [4.69, 9.17) is 0 Å². The summed E-state index contributed by atoms with van der Waals surface area (Å²) >= 11 is 0. The van der Waals surface area contributed by atoms with Crippen molar-refractivity contribution in [2.45, 2.75) is 24.6 Å². The smallest absolute Gasteiger partial charge is 0.334 e. The maximum absolute atomic E-state index is 13.1. The van der Waals surface area contributed by atoms with Crippen LogP contribution >= 0.6 is 0 Å². The van der Waals surface area contributed by atoms with E-state index in [0.717, 1.165) is 6.07 Å². The quantitative estimate of drug-likeness (QED) is 0.808. The molecule has 0 saturated heterocycles. The van der Waals surface area contributed by atoms with Gasteiger partial charge in [-0.05, 0) is 42.3 Å². The highest BCUT2D eigenvalue weighted by molar-refractivity contribution is 5.91. The Morgan fingerprint density at radius 1 is 1.12 bits per heavy atom. The Balaban J connectivity index is 1.67. The van der Waals surface area contributed by atoms with Crippen LogP contribution in [0.4, 0.5) is 28.0 Å². The standard InChI is InChI=1S/C18H16F4N2O/c1-24(12-8-6-11(19)7-9-12)17(25)23-16-10-14(16)13-4-2-3-5-15(13)18(20,21)22/h2-9,14,16H,10H2,1H3,(H,23,25)/t14-,16+/m0/s1. The van der Waals surface area contributed by atoms with Gasteiger partial charge in [-0.15, -0.1) is 0 Å². The van der Waals surface area contributed by atoms with Crippen molar-refractivity contribution in [2.24, 2.45) is 0 Å². The summed E-state index contributed by atoms with van der Waals surface area (Å²) in [5, 5.41) is 2.72. The SMILES string of the molecule is CN(C(=O)N[C@@H]1C[C@H]1c1ccccc1C(F)(F)F)c1ccc(F)cc1. The lowest BCUT2D eigenvalue weighted by atomic mass is 10.0. The molecule has 2 amide bonds. The van der Waals surface area contributed by atoms with Crippen LogP contribution in [0.15, 0.2) is 48.5 Å². The van der Waals surface area contributed by atoms with E-state index >= 15 is 0 Å². The molecule has 1 saturated carbocycles. The molecular formula is C18H16F4N2O. The molecule has 0 bridgehead atoms. The first-order chi connectivity index (χ1) is 11.8. The molecule has 1 aliphatic carbocycles. The van der Waals surface area contributed by atoms with Crippen molar-refractivity contribution in [2.75, 3.05) is 11.9 Å². The van der Waals surface area contributed by atoms with Gasteiger partial charge < -0.3 is 5.32 Å². The van der Waals surface area contributed by atoms with E-state index in [-0.39, 0.29) is 17.5 Å². The number of carbonyl (C=O) groups is 1. The molecule has 2 aromatic carbocycles. The predicted octanol–water partition coefficient (Wildman–Crippen LogP) is 4.55. The van der Waals surface area contributed by atoms with Crippen molar-refractivity contribution in [1.82, 2.24) is 5.32 Å². The molecule has 132 valence electrons.